The Kier molecular flexibility index (Phi) is 6.69. The van der Waals surface area contributed by atoms with E-state index >= 15 is 0 Å². The molecule has 11 heteroatoms. The molecule has 0 aliphatic carbocycles. The standard InChI is InChI=1S/C13H15F4NO5S/c1-8(11(19)20)18-24(21,22)10-4-2-3-9(5-10)6-23-7-13(16,17)12(14)15/h2-5,8,12,18H,6-7H2,1H3,(H,19,20)/t8-/m1/s1. The number of rotatable bonds is 9. The number of carboxylic acids is 1. The van der Waals surface area contributed by atoms with E-state index in [0.717, 1.165) is 19.1 Å². The molecule has 24 heavy (non-hydrogen) atoms. The minimum Gasteiger partial charge on any atom is -0.480 e. The minimum absolute atomic E-state index is 0.144. The zero-order valence-electron chi connectivity index (χ0n) is 12.4. The van der Waals surface area contributed by atoms with Gasteiger partial charge in [0.15, 0.2) is 0 Å². The van der Waals surface area contributed by atoms with Crippen LogP contribution in [0.5, 0.6) is 0 Å². The molecule has 136 valence electrons. The molecule has 0 aliphatic heterocycles. The summed E-state index contributed by atoms with van der Waals surface area (Å²) in [5, 5.41) is 8.70. The van der Waals surface area contributed by atoms with Crippen LogP contribution < -0.4 is 4.72 Å². The van der Waals surface area contributed by atoms with Crippen LogP contribution in [0, 0.1) is 0 Å². The Morgan fingerprint density at radius 3 is 2.54 bits per heavy atom. The lowest BCUT2D eigenvalue weighted by molar-refractivity contribution is -0.168. The zero-order chi connectivity index (χ0) is 18.5. The second kappa shape index (κ2) is 7.90. The van der Waals surface area contributed by atoms with Crippen LogP contribution in [0.2, 0.25) is 0 Å². The van der Waals surface area contributed by atoms with Crippen molar-refractivity contribution in [2.45, 2.75) is 36.8 Å². The Balaban J connectivity index is 2.78. The average Bonchev–Trinajstić information content (AvgIpc) is 2.46. The summed E-state index contributed by atoms with van der Waals surface area (Å²) < 4.78 is 79.7. The van der Waals surface area contributed by atoms with Gasteiger partial charge in [-0.25, -0.2) is 17.2 Å². The van der Waals surface area contributed by atoms with Crippen molar-refractivity contribution >= 4 is 16.0 Å². The van der Waals surface area contributed by atoms with Gasteiger partial charge in [-0.05, 0) is 24.6 Å². The number of alkyl halides is 4. The van der Waals surface area contributed by atoms with Crippen molar-refractivity contribution in [3.63, 3.8) is 0 Å². The molecule has 0 aliphatic rings. The Morgan fingerprint density at radius 1 is 1.38 bits per heavy atom. The molecule has 0 radical (unpaired) electrons. The van der Waals surface area contributed by atoms with E-state index < -0.39 is 47.6 Å². The highest BCUT2D eigenvalue weighted by Gasteiger charge is 2.40. The topological polar surface area (TPSA) is 92.7 Å². The molecule has 1 rings (SSSR count). The van der Waals surface area contributed by atoms with Crippen LogP contribution in [0.1, 0.15) is 12.5 Å². The quantitative estimate of drug-likeness (QED) is 0.645. The van der Waals surface area contributed by atoms with E-state index in [-0.39, 0.29) is 10.5 Å². The summed E-state index contributed by atoms with van der Waals surface area (Å²) >= 11 is 0. The molecule has 0 spiro atoms. The van der Waals surface area contributed by atoms with E-state index in [1.54, 1.807) is 0 Å². The summed E-state index contributed by atoms with van der Waals surface area (Å²) in [6.45, 7) is -0.907. The van der Waals surface area contributed by atoms with Crippen LogP contribution in [0.25, 0.3) is 0 Å². The van der Waals surface area contributed by atoms with E-state index in [1.165, 1.54) is 12.1 Å². The molecule has 0 aromatic heterocycles. The number of sulfonamides is 1. The molecule has 1 aromatic carbocycles. The van der Waals surface area contributed by atoms with Gasteiger partial charge in [0.2, 0.25) is 10.0 Å². The maximum Gasteiger partial charge on any atom is 0.330 e. The first-order valence-electron chi connectivity index (χ1n) is 6.53. The molecule has 0 bridgehead atoms. The number of benzene rings is 1. The number of nitrogens with one attached hydrogen (secondary N) is 1. The van der Waals surface area contributed by atoms with Crippen molar-refractivity contribution in [3.05, 3.63) is 29.8 Å². The van der Waals surface area contributed by atoms with E-state index in [4.69, 9.17) is 5.11 Å². The smallest absolute Gasteiger partial charge is 0.330 e. The molecule has 6 nitrogen and oxygen atoms in total. The lowest BCUT2D eigenvalue weighted by atomic mass is 10.2. The number of carboxylic acid groups (broad SMARTS) is 1. The summed E-state index contributed by atoms with van der Waals surface area (Å²) in [5.41, 5.74) is 0.144. The van der Waals surface area contributed by atoms with Gasteiger partial charge in [-0.15, -0.1) is 0 Å². The SMILES string of the molecule is C[C@@H](NS(=O)(=O)c1cccc(COCC(F)(F)C(F)F)c1)C(=O)O. The van der Waals surface area contributed by atoms with Gasteiger partial charge in [0.25, 0.3) is 0 Å². The lowest BCUT2D eigenvalue weighted by Gasteiger charge is -2.15. The molecule has 1 aromatic rings. The van der Waals surface area contributed by atoms with Crippen LogP contribution in [-0.2, 0) is 26.2 Å². The average molecular weight is 373 g/mol. The number of ether oxygens (including phenoxy) is 1. The summed E-state index contributed by atoms with van der Waals surface area (Å²) in [6, 6.07) is 3.48. The highest BCUT2D eigenvalue weighted by atomic mass is 32.2. The third-order valence-electron chi connectivity index (χ3n) is 2.79. The maximum absolute atomic E-state index is 12.7. The predicted molar refractivity (Wildman–Crippen MR) is 74.5 cm³/mol. The fourth-order valence-electron chi connectivity index (χ4n) is 1.52. The summed E-state index contributed by atoms with van der Waals surface area (Å²) in [6.07, 6.45) is -3.87. The lowest BCUT2D eigenvalue weighted by Crippen LogP contribution is -2.38. The predicted octanol–water partition coefficient (Wildman–Crippen LogP) is 1.85. The Morgan fingerprint density at radius 2 is 2.00 bits per heavy atom. The molecule has 0 saturated carbocycles. The number of halogens is 4. The summed E-state index contributed by atoms with van der Waals surface area (Å²) in [4.78, 5) is 10.4. The van der Waals surface area contributed by atoms with Crippen molar-refractivity contribution < 1.29 is 40.6 Å². The molecule has 0 fully saturated rings. The highest BCUT2D eigenvalue weighted by Crippen LogP contribution is 2.23. The highest BCUT2D eigenvalue weighted by molar-refractivity contribution is 7.89. The largest absolute Gasteiger partial charge is 0.480 e. The third-order valence-corrected chi connectivity index (χ3v) is 4.33. The monoisotopic (exact) mass is 373 g/mol. The van der Waals surface area contributed by atoms with Crippen molar-refractivity contribution in [3.8, 4) is 0 Å². The summed E-state index contributed by atoms with van der Waals surface area (Å²) in [5.74, 6) is -5.69. The van der Waals surface area contributed by atoms with E-state index in [2.05, 4.69) is 4.74 Å². The van der Waals surface area contributed by atoms with Crippen molar-refractivity contribution in [1.82, 2.24) is 4.72 Å². The first-order valence-corrected chi connectivity index (χ1v) is 8.02. The number of aliphatic carboxylic acids is 1. The van der Waals surface area contributed by atoms with Gasteiger partial charge in [-0.2, -0.15) is 13.5 Å². The molecule has 2 N–H and O–H groups in total. The Bertz CT molecular complexity index is 681. The van der Waals surface area contributed by atoms with Gasteiger partial charge in [-0.1, -0.05) is 12.1 Å². The Hall–Kier alpha value is -1.72. The fraction of sp³-hybridized carbons (Fsp3) is 0.462. The van der Waals surface area contributed by atoms with E-state index in [1.807, 2.05) is 4.72 Å². The number of hydrogen-bond donors (Lipinski definition) is 2. The normalized spacial score (nSPS) is 13.9. The molecule has 1 atom stereocenters. The summed E-state index contributed by atoms with van der Waals surface area (Å²) in [7, 11) is -4.15. The zero-order valence-corrected chi connectivity index (χ0v) is 13.2. The maximum atomic E-state index is 12.7. The van der Waals surface area contributed by atoms with Gasteiger partial charge in [0.05, 0.1) is 11.5 Å². The molecule has 0 amide bonds. The van der Waals surface area contributed by atoms with Gasteiger partial charge in [0.1, 0.15) is 12.6 Å². The molecule has 0 heterocycles. The molecular formula is C13H15F4NO5S. The van der Waals surface area contributed by atoms with Gasteiger partial charge < -0.3 is 9.84 Å². The van der Waals surface area contributed by atoms with Crippen LogP contribution >= 0.6 is 0 Å². The first-order chi connectivity index (χ1) is 11.0. The third kappa shape index (κ3) is 5.73. The van der Waals surface area contributed by atoms with Crippen LogP contribution in [0.15, 0.2) is 29.2 Å². The van der Waals surface area contributed by atoms with Gasteiger partial charge in [0, 0.05) is 0 Å². The van der Waals surface area contributed by atoms with Gasteiger partial charge >= 0.3 is 18.3 Å². The fourth-order valence-corrected chi connectivity index (χ4v) is 2.79. The van der Waals surface area contributed by atoms with Crippen LogP contribution in [0.3, 0.4) is 0 Å². The van der Waals surface area contributed by atoms with Crippen molar-refractivity contribution in [2.24, 2.45) is 0 Å². The van der Waals surface area contributed by atoms with E-state index in [9.17, 15) is 30.8 Å². The molecule has 0 saturated heterocycles. The Labute approximate surface area is 135 Å². The second-order valence-corrected chi connectivity index (χ2v) is 6.60. The number of carbonyl (C=O) groups is 1. The van der Waals surface area contributed by atoms with Gasteiger partial charge in [-0.3, -0.25) is 4.79 Å². The van der Waals surface area contributed by atoms with Crippen molar-refractivity contribution in [2.75, 3.05) is 6.61 Å². The van der Waals surface area contributed by atoms with E-state index in [0.29, 0.717) is 0 Å². The second-order valence-electron chi connectivity index (χ2n) is 4.88. The molecule has 0 unspecified atom stereocenters. The van der Waals surface area contributed by atoms with Crippen LogP contribution in [0.4, 0.5) is 17.6 Å². The number of hydrogen-bond acceptors (Lipinski definition) is 4. The minimum atomic E-state index is -4.30. The van der Waals surface area contributed by atoms with Crippen molar-refractivity contribution in [1.29, 1.82) is 0 Å². The first kappa shape index (κ1) is 20.3. The molecular weight excluding hydrogens is 358 g/mol. The van der Waals surface area contributed by atoms with Crippen LogP contribution in [-0.4, -0.2) is 44.5 Å².